The number of aromatic amines is 1. The molecule has 0 fully saturated rings. The number of aromatic nitrogens is 5. The zero-order chi connectivity index (χ0) is 14.8. The topological polar surface area (TPSA) is 88.5 Å². The number of rotatable bonds is 4. The van der Waals surface area contributed by atoms with E-state index in [4.69, 9.17) is 0 Å². The molecule has 0 radical (unpaired) electrons. The average molecular weight is 276 g/mol. The van der Waals surface area contributed by atoms with Crippen LogP contribution in [-0.4, -0.2) is 36.9 Å². The summed E-state index contributed by atoms with van der Waals surface area (Å²) in [6, 6.07) is 1.79. The molecule has 0 aliphatic rings. The summed E-state index contributed by atoms with van der Waals surface area (Å²) in [5, 5.41) is 13.7. The molecule has 0 aliphatic carbocycles. The monoisotopic (exact) mass is 276 g/mol. The van der Waals surface area contributed by atoms with E-state index in [1.165, 1.54) is 0 Å². The van der Waals surface area contributed by atoms with Gasteiger partial charge in [-0.05, 0) is 13.0 Å². The lowest BCUT2D eigenvalue weighted by molar-refractivity contribution is 0.0926. The lowest BCUT2D eigenvalue weighted by atomic mass is 9.96. The van der Waals surface area contributed by atoms with Crippen LogP contribution in [0.5, 0.6) is 0 Å². The van der Waals surface area contributed by atoms with Crippen molar-refractivity contribution in [2.24, 2.45) is 0 Å². The molecule has 0 bridgehead atoms. The first kappa shape index (κ1) is 14.2. The summed E-state index contributed by atoms with van der Waals surface area (Å²) in [6.07, 6.45) is 3.56. The Morgan fingerprint density at radius 2 is 2.25 bits per heavy atom. The average Bonchev–Trinajstić information content (AvgIpc) is 2.97. The molecule has 2 heterocycles. The fourth-order valence-corrected chi connectivity index (χ4v) is 1.72. The van der Waals surface area contributed by atoms with E-state index in [-0.39, 0.29) is 23.2 Å². The lowest BCUT2D eigenvalue weighted by Gasteiger charge is -2.13. The maximum Gasteiger partial charge on any atom is 0.291 e. The molecule has 0 saturated heterocycles. The minimum absolute atomic E-state index is 0.0565. The fourth-order valence-electron chi connectivity index (χ4n) is 1.72. The Labute approximate surface area is 117 Å². The number of hydrogen-bond donors (Lipinski definition) is 2. The van der Waals surface area contributed by atoms with Crippen LogP contribution in [-0.2, 0) is 12.0 Å². The zero-order valence-corrected chi connectivity index (χ0v) is 12.2. The highest BCUT2D eigenvalue weighted by Crippen LogP contribution is 2.17. The normalized spacial score (nSPS) is 13.2. The summed E-state index contributed by atoms with van der Waals surface area (Å²) in [5.74, 6) is 0.584. The molecule has 1 atom stereocenters. The summed E-state index contributed by atoms with van der Waals surface area (Å²) in [4.78, 5) is 16.3. The number of H-pyrrole nitrogens is 1. The Bertz CT molecular complexity index is 566. The number of carbonyl (C=O) groups is 1. The van der Waals surface area contributed by atoms with E-state index in [1.54, 1.807) is 10.9 Å². The maximum atomic E-state index is 12.0. The first-order valence-electron chi connectivity index (χ1n) is 6.57. The summed E-state index contributed by atoms with van der Waals surface area (Å²) in [5.41, 5.74) is -0.161. The van der Waals surface area contributed by atoms with Crippen molar-refractivity contribution in [1.82, 2.24) is 30.3 Å². The van der Waals surface area contributed by atoms with E-state index >= 15 is 0 Å². The molecular formula is C13H20N6O. The molecule has 7 heteroatoms. The molecule has 0 spiro atoms. The third-order valence-corrected chi connectivity index (χ3v) is 2.80. The Morgan fingerprint density at radius 3 is 2.80 bits per heavy atom. The zero-order valence-electron chi connectivity index (χ0n) is 12.2. The van der Waals surface area contributed by atoms with E-state index in [2.05, 4.69) is 25.6 Å². The van der Waals surface area contributed by atoms with Crippen LogP contribution in [0, 0.1) is 0 Å². The predicted molar refractivity (Wildman–Crippen MR) is 74.2 cm³/mol. The number of carbonyl (C=O) groups excluding carboxylic acids is 1. The van der Waals surface area contributed by atoms with Gasteiger partial charge < -0.3 is 5.32 Å². The van der Waals surface area contributed by atoms with Crippen molar-refractivity contribution >= 4 is 5.91 Å². The van der Waals surface area contributed by atoms with Crippen LogP contribution in [0.25, 0.3) is 0 Å². The highest BCUT2D eigenvalue weighted by atomic mass is 16.2. The first-order chi connectivity index (χ1) is 9.36. The van der Waals surface area contributed by atoms with Crippen molar-refractivity contribution in [3.63, 3.8) is 0 Å². The SMILES string of the molecule is CC(Cn1cccn1)NC(=O)c1n[nH]c(C(C)(C)C)n1. The van der Waals surface area contributed by atoms with Crippen LogP contribution in [0.4, 0.5) is 0 Å². The Morgan fingerprint density at radius 1 is 1.50 bits per heavy atom. The molecule has 0 aliphatic heterocycles. The Kier molecular flexibility index (Phi) is 3.87. The van der Waals surface area contributed by atoms with Gasteiger partial charge in [0, 0.05) is 23.9 Å². The van der Waals surface area contributed by atoms with Gasteiger partial charge in [-0.25, -0.2) is 4.98 Å². The summed E-state index contributed by atoms with van der Waals surface area (Å²) >= 11 is 0. The predicted octanol–water partition coefficient (Wildman–Crippen LogP) is 1.12. The van der Waals surface area contributed by atoms with Crippen molar-refractivity contribution in [2.75, 3.05) is 0 Å². The minimum atomic E-state index is -0.281. The lowest BCUT2D eigenvalue weighted by Crippen LogP contribution is -2.36. The van der Waals surface area contributed by atoms with E-state index in [1.807, 2.05) is 40.0 Å². The third kappa shape index (κ3) is 3.43. The van der Waals surface area contributed by atoms with E-state index < -0.39 is 0 Å². The van der Waals surface area contributed by atoms with Gasteiger partial charge in [-0.15, -0.1) is 5.10 Å². The minimum Gasteiger partial charge on any atom is -0.345 e. The van der Waals surface area contributed by atoms with E-state index in [0.29, 0.717) is 12.4 Å². The molecule has 0 aromatic carbocycles. The second kappa shape index (κ2) is 5.44. The molecule has 2 rings (SSSR count). The van der Waals surface area contributed by atoms with E-state index in [9.17, 15) is 4.79 Å². The molecule has 2 N–H and O–H groups in total. The molecule has 2 aromatic rings. The summed E-state index contributed by atoms with van der Waals surface area (Å²) < 4.78 is 1.77. The summed E-state index contributed by atoms with van der Waals surface area (Å²) in [7, 11) is 0. The van der Waals surface area contributed by atoms with Crippen LogP contribution >= 0.6 is 0 Å². The van der Waals surface area contributed by atoms with Crippen molar-refractivity contribution in [3.05, 3.63) is 30.1 Å². The second-order valence-corrected chi connectivity index (χ2v) is 5.86. The molecule has 0 saturated carbocycles. The van der Waals surface area contributed by atoms with Crippen LogP contribution in [0.1, 0.15) is 44.1 Å². The molecular weight excluding hydrogens is 256 g/mol. The van der Waals surface area contributed by atoms with Gasteiger partial charge in [-0.3, -0.25) is 14.6 Å². The molecule has 1 amide bonds. The van der Waals surface area contributed by atoms with E-state index in [0.717, 1.165) is 0 Å². The highest BCUT2D eigenvalue weighted by molar-refractivity contribution is 5.90. The van der Waals surface area contributed by atoms with Crippen molar-refractivity contribution in [2.45, 2.75) is 45.7 Å². The van der Waals surface area contributed by atoms with Crippen LogP contribution < -0.4 is 5.32 Å². The van der Waals surface area contributed by atoms with Gasteiger partial charge in [0.05, 0.1) is 6.54 Å². The van der Waals surface area contributed by atoms with Crippen molar-refractivity contribution < 1.29 is 4.79 Å². The van der Waals surface area contributed by atoms with Gasteiger partial charge in [-0.2, -0.15) is 5.10 Å². The maximum absolute atomic E-state index is 12.0. The van der Waals surface area contributed by atoms with Crippen LogP contribution in [0.3, 0.4) is 0 Å². The third-order valence-electron chi connectivity index (χ3n) is 2.80. The Balaban J connectivity index is 1.96. The summed E-state index contributed by atoms with van der Waals surface area (Å²) in [6.45, 7) is 8.55. The standard InChI is InChI=1S/C13H20N6O/c1-9(8-19-7-5-6-14-19)15-11(20)10-16-12(18-17-10)13(2,3)4/h5-7,9H,8H2,1-4H3,(H,15,20)(H,16,17,18). The van der Waals surface area contributed by atoms with Gasteiger partial charge in [0.1, 0.15) is 5.82 Å². The van der Waals surface area contributed by atoms with Gasteiger partial charge in [0.2, 0.25) is 5.82 Å². The fraction of sp³-hybridized carbons (Fsp3) is 0.538. The molecule has 108 valence electrons. The molecule has 1 unspecified atom stereocenters. The Hall–Kier alpha value is -2.18. The van der Waals surface area contributed by atoms with Gasteiger partial charge in [0.15, 0.2) is 0 Å². The quantitative estimate of drug-likeness (QED) is 0.875. The number of nitrogens with zero attached hydrogens (tertiary/aromatic N) is 4. The number of hydrogen-bond acceptors (Lipinski definition) is 4. The van der Waals surface area contributed by atoms with Crippen LogP contribution in [0.15, 0.2) is 18.5 Å². The molecule has 20 heavy (non-hydrogen) atoms. The number of amides is 1. The highest BCUT2D eigenvalue weighted by Gasteiger charge is 2.21. The van der Waals surface area contributed by atoms with Gasteiger partial charge >= 0.3 is 0 Å². The van der Waals surface area contributed by atoms with Crippen LogP contribution in [0.2, 0.25) is 0 Å². The smallest absolute Gasteiger partial charge is 0.291 e. The molecule has 2 aromatic heterocycles. The second-order valence-electron chi connectivity index (χ2n) is 5.86. The van der Waals surface area contributed by atoms with Crippen molar-refractivity contribution in [1.29, 1.82) is 0 Å². The van der Waals surface area contributed by atoms with Crippen molar-refractivity contribution in [3.8, 4) is 0 Å². The van der Waals surface area contributed by atoms with Gasteiger partial charge in [0.25, 0.3) is 5.91 Å². The van der Waals surface area contributed by atoms with Gasteiger partial charge in [-0.1, -0.05) is 20.8 Å². The molecule has 7 nitrogen and oxygen atoms in total. The first-order valence-corrected chi connectivity index (χ1v) is 6.57. The number of nitrogens with one attached hydrogen (secondary N) is 2. The largest absolute Gasteiger partial charge is 0.345 e.